The van der Waals surface area contributed by atoms with E-state index < -0.39 is 0 Å². The summed E-state index contributed by atoms with van der Waals surface area (Å²) < 4.78 is 0. The predicted molar refractivity (Wildman–Crippen MR) is 72.9 cm³/mol. The molecule has 0 heterocycles. The molecular formula is C16H30O. The van der Waals surface area contributed by atoms with Crippen molar-refractivity contribution in [1.29, 1.82) is 0 Å². The quantitative estimate of drug-likeness (QED) is 0.773. The van der Waals surface area contributed by atoms with Crippen LogP contribution in [0.4, 0.5) is 0 Å². The van der Waals surface area contributed by atoms with Crippen molar-refractivity contribution in [1.82, 2.24) is 0 Å². The maximum absolute atomic E-state index is 9.81. The Morgan fingerprint density at radius 3 is 2.18 bits per heavy atom. The standard InChI is InChI=1S/C16H30O/c1-3-4-13-5-7-14(8-6-13)15-9-10-16(17)12(2)11-15/h12-17H,3-11H2,1-2H3/t12-,13?,14?,15?,16-/m1/s1. The SMILES string of the molecule is CCCC1CCC(C2CC[C@@H](O)[C@H](C)C2)CC1. The summed E-state index contributed by atoms with van der Waals surface area (Å²) in [4.78, 5) is 0. The van der Waals surface area contributed by atoms with Crippen LogP contribution in [0.15, 0.2) is 0 Å². The first-order valence-electron chi connectivity index (χ1n) is 7.88. The van der Waals surface area contributed by atoms with Crippen LogP contribution in [0.2, 0.25) is 0 Å². The Morgan fingerprint density at radius 1 is 0.941 bits per heavy atom. The number of rotatable bonds is 3. The highest BCUT2D eigenvalue weighted by Gasteiger charge is 2.33. The zero-order chi connectivity index (χ0) is 12.3. The maximum atomic E-state index is 9.81. The van der Waals surface area contributed by atoms with Gasteiger partial charge in [0.25, 0.3) is 0 Å². The van der Waals surface area contributed by atoms with Crippen molar-refractivity contribution in [2.45, 2.75) is 77.7 Å². The van der Waals surface area contributed by atoms with Crippen LogP contribution in [0, 0.1) is 23.7 Å². The lowest BCUT2D eigenvalue weighted by Crippen LogP contribution is -2.32. The summed E-state index contributed by atoms with van der Waals surface area (Å²) in [6.45, 7) is 4.55. The average Bonchev–Trinajstić information content (AvgIpc) is 2.34. The Hall–Kier alpha value is -0.0400. The highest BCUT2D eigenvalue weighted by atomic mass is 16.3. The van der Waals surface area contributed by atoms with Crippen LogP contribution < -0.4 is 0 Å². The minimum atomic E-state index is -0.0114. The van der Waals surface area contributed by atoms with E-state index in [-0.39, 0.29) is 6.10 Å². The Labute approximate surface area is 107 Å². The molecule has 1 heteroatoms. The van der Waals surface area contributed by atoms with Crippen LogP contribution >= 0.6 is 0 Å². The molecule has 1 nitrogen and oxygen atoms in total. The molecule has 2 aliphatic rings. The van der Waals surface area contributed by atoms with E-state index in [2.05, 4.69) is 13.8 Å². The number of hydrogen-bond acceptors (Lipinski definition) is 1. The van der Waals surface area contributed by atoms with Gasteiger partial charge in [0, 0.05) is 0 Å². The van der Waals surface area contributed by atoms with Gasteiger partial charge in [-0.1, -0.05) is 39.5 Å². The van der Waals surface area contributed by atoms with Gasteiger partial charge in [-0.05, 0) is 55.8 Å². The number of aliphatic hydroxyl groups is 1. The van der Waals surface area contributed by atoms with Crippen molar-refractivity contribution < 1.29 is 5.11 Å². The van der Waals surface area contributed by atoms with Crippen LogP contribution in [0.5, 0.6) is 0 Å². The summed E-state index contributed by atoms with van der Waals surface area (Å²) in [5.41, 5.74) is 0. The van der Waals surface area contributed by atoms with Crippen molar-refractivity contribution in [3.8, 4) is 0 Å². The van der Waals surface area contributed by atoms with Crippen molar-refractivity contribution in [3.05, 3.63) is 0 Å². The Bertz CT molecular complexity index is 218. The molecule has 0 aliphatic heterocycles. The van der Waals surface area contributed by atoms with E-state index >= 15 is 0 Å². The molecule has 2 aliphatic carbocycles. The van der Waals surface area contributed by atoms with E-state index in [1.807, 2.05) is 0 Å². The van der Waals surface area contributed by atoms with E-state index in [9.17, 15) is 5.11 Å². The lowest BCUT2D eigenvalue weighted by molar-refractivity contribution is 0.0327. The Morgan fingerprint density at radius 2 is 1.59 bits per heavy atom. The molecule has 100 valence electrons. The Balaban J connectivity index is 1.77. The fraction of sp³-hybridized carbons (Fsp3) is 1.00. The van der Waals surface area contributed by atoms with Gasteiger partial charge in [0.05, 0.1) is 6.10 Å². The topological polar surface area (TPSA) is 20.2 Å². The molecule has 17 heavy (non-hydrogen) atoms. The van der Waals surface area contributed by atoms with Gasteiger partial charge in [-0.15, -0.1) is 0 Å². The molecule has 2 saturated carbocycles. The molecule has 2 rings (SSSR count). The van der Waals surface area contributed by atoms with E-state index in [0.29, 0.717) is 5.92 Å². The highest BCUT2D eigenvalue weighted by molar-refractivity contribution is 4.84. The van der Waals surface area contributed by atoms with Crippen LogP contribution in [0.3, 0.4) is 0 Å². The maximum Gasteiger partial charge on any atom is 0.0566 e. The lowest BCUT2D eigenvalue weighted by atomic mass is 9.68. The fourth-order valence-corrected chi connectivity index (χ4v) is 4.21. The van der Waals surface area contributed by atoms with Crippen molar-refractivity contribution in [2.24, 2.45) is 23.7 Å². The normalized spacial score (nSPS) is 43.6. The summed E-state index contributed by atoms with van der Waals surface area (Å²) >= 11 is 0. The van der Waals surface area contributed by atoms with Gasteiger partial charge >= 0.3 is 0 Å². The largest absolute Gasteiger partial charge is 0.393 e. The molecule has 0 aromatic carbocycles. The van der Waals surface area contributed by atoms with Crippen LogP contribution in [0.25, 0.3) is 0 Å². The minimum absolute atomic E-state index is 0.0114. The number of hydrogen-bond donors (Lipinski definition) is 1. The third kappa shape index (κ3) is 3.47. The monoisotopic (exact) mass is 238 g/mol. The fourth-order valence-electron chi connectivity index (χ4n) is 4.21. The van der Waals surface area contributed by atoms with E-state index in [1.165, 1.54) is 51.4 Å². The first-order valence-corrected chi connectivity index (χ1v) is 7.88. The molecule has 0 saturated heterocycles. The van der Waals surface area contributed by atoms with Crippen molar-refractivity contribution in [3.63, 3.8) is 0 Å². The van der Waals surface area contributed by atoms with Crippen LogP contribution in [-0.2, 0) is 0 Å². The molecule has 1 unspecified atom stereocenters. The lowest BCUT2D eigenvalue weighted by Gasteiger charge is -2.39. The summed E-state index contributed by atoms with van der Waals surface area (Å²) in [7, 11) is 0. The second-order valence-corrected chi connectivity index (χ2v) is 6.69. The summed E-state index contributed by atoms with van der Waals surface area (Å²) in [6.07, 6.45) is 12.3. The molecule has 0 spiro atoms. The zero-order valence-electron chi connectivity index (χ0n) is 11.7. The Kier molecular flexibility index (Phi) is 4.90. The minimum Gasteiger partial charge on any atom is -0.393 e. The molecule has 3 atom stereocenters. The second-order valence-electron chi connectivity index (χ2n) is 6.69. The highest BCUT2D eigenvalue weighted by Crippen LogP contribution is 2.42. The molecule has 0 aromatic rings. The molecular weight excluding hydrogens is 208 g/mol. The van der Waals surface area contributed by atoms with E-state index in [4.69, 9.17) is 0 Å². The molecule has 0 amide bonds. The number of aliphatic hydroxyl groups excluding tert-OH is 1. The van der Waals surface area contributed by atoms with Gasteiger partial charge in [0.2, 0.25) is 0 Å². The second kappa shape index (κ2) is 6.22. The van der Waals surface area contributed by atoms with Crippen LogP contribution in [-0.4, -0.2) is 11.2 Å². The van der Waals surface area contributed by atoms with Gasteiger partial charge in [-0.2, -0.15) is 0 Å². The first kappa shape index (κ1) is 13.4. The summed E-state index contributed by atoms with van der Waals surface area (Å²) in [5, 5.41) is 9.81. The molecule has 0 aromatic heterocycles. The summed E-state index contributed by atoms with van der Waals surface area (Å²) in [5.74, 6) is 3.49. The van der Waals surface area contributed by atoms with Crippen molar-refractivity contribution >= 4 is 0 Å². The van der Waals surface area contributed by atoms with E-state index in [1.54, 1.807) is 0 Å². The van der Waals surface area contributed by atoms with Gasteiger partial charge in [0.15, 0.2) is 0 Å². The molecule has 0 radical (unpaired) electrons. The average molecular weight is 238 g/mol. The smallest absolute Gasteiger partial charge is 0.0566 e. The third-order valence-electron chi connectivity index (χ3n) is 5.42. The predicted octanol–water partition coefficient (Wildman–Crippen LogP) is 4.39. The van der Waals surface area contributed by atoms with E-state index in [0.717, 1.165) is 24.2 Å². The van der Waals surface area contributed by atoms with Gasteiger partial charge in [-0.25, -0.2) is 0 Å². The zero-order valence-corrected chi connectivity index (χ0v) is 11.7. The van der Waals surface area contributed by atoms with Gasteiger partial charge < -0.3 is 5.11 Å². The third-order valence-corrected chi connectivity index (χ3v) is 5.42. The summed E-state index contributed by atoms with van der Waals surface area (Å²) in [6, 6.07) is 0. The van der Waals surface area contributed by atoms with Gasteiger partial charge in [0.1, 0.15) is 0 Å². The van der Waals surface area contributed by atoms with Gasteiger partial charge in [-0.3, -0.25) is 0 Å². The molecule has 1 N–H and O–H groups in total. The first-order chi connectivity index (χ1) is 8.20. The molecule has 0 bridgehead atoms. The van der Waals surface area contributed by atoms with Crippen LogP contribution in [0.1, 0.15) is 71.6 Å². The van der Waals surface area contributed by atoms with Crippen molar-refractivity contribution in [2.75, 3.05) is 0 Å². The molecule has 2 fully saturated rings.